The topological polar surface area (TPSA) is 104 Å². The first-order valence-electron chi connectivity index (χ1n) is 12.4. The highest BCUT2D eigenvalue weighted by Gasteiger charge is 2.34. The molecule has 1 N–H and O–H groups in total. The van der Waals surface area contributed by atoms with Crippen molar-refractivity contribution in [2.24, 2.45) is 0 Å². The normalized spacial score (nSPS) is 12.2. The maximum absolute atomic E-state index is 14.0. The quantitative estimate of drug-likeness (QED) is 0.244. The van der Waals surface area contributed by atoms with E-state index in [1.807, 2.05) is 30.3 Å². The van der Waals surface area contributed by atoms with E-state index in [0.29, 0.717) is 29.1 Å². The molecule has 4 aromatic carbocycles. The summed E-state index contributed by atoms with van der Waals surface area (Å²) in [4.78, 5) is 13.1. The zero-order chi connectivity index (χ0) is 28.3. The summed E-state index contributed by atoms with van der Waals surface area (Å²) in [7, 11) is -1.61. The molecule has 0 aliphatic rings. The van der Waals surface area contributed by atoms with Gasteiger partial charge in [-0.15, -0.1) is 0 Å². The van der Waals surface area contributed by atoms with Crippen molar-refractivity contribution in [3.63, 3.8) is 0 Å². The van der Waals surface area contributed by atoms with Crippen LogP contribution in [0.1, 0.15) is 33.3 Å². The van der Waals surface area contributed by atoms with Crippen LogP contribution in [0.25, 0.3) is 10.9 Å². The molecule has 8 nitrogen and oxygen atoms in total. The minimum atomic E-state index is -4.27. The molecule has 0 fully saturated rings. The minimum Gasteiger partial charge on any atom is -0.497 e. The molecule has 1 aromatic heterocycles. The van der Waals surface area contributed by atoms with Crippen LogP contribution in [0.5, 0.6) is 11.5 Å². The second kappa shape index (κ2) is 11.3. The molecule has 5 rings (SSSR count). The molecular formula is C31H27NO7S. The Hall–Kier alpha value is -4.60. The van der Waals surface area contributed by atoms with Crippen molar-refractivity contribution in [3.05, 3.63) is 126 Å². The molecule has 0 saturated heterocycles. The Morgan fingerprint density at radius 3 is 2.10 bits per heavy atom. The molecule has 40 heavy (non-hydrogen) atoms. The van der Waals surface area contributed by atoms with Crippen LogP contribution >= 0.6 is 0 Å². The Labute approximate surface area is 232 Å². The smallest absolute Gasteiger partial charge is 0.340 e. The lowest BCUT2D eigenvalue weighted by atomic mass is 10.0. The molecule has 1 atom stereocenters. The lowest BCUT2D eigenvalue weighted by molar-refractivity contribution is 0.0597. The number of hydrogen-bond acceptors (Lipinski definition) is 7. The molecular weight excluding hydrogens is 530 g/mol. The van der Waals surface area contributed by atoms with E-state index in [0.717, 1.165) is 9.54 Å². The average Bonchev–Trinajstić information content (AvgIpc) is 3.35. The van der Waals surface area contributed by atoms with E-state index < -0.39 is 22.1 Å². The number of ether oxygens (including phenoxy) is 3. The van der Waals surface area contributed by atoms with Crippen molar-refractivity contribution in [3.8, 4) is 11.5 Å². The molecule has 1 unspecified atom stereocenters. The van der Waals surface area contributed by atoms with Gasteiger partial charge in [-0.2, -0.15) is 0 Å². The van der Waals surface area contributed by atoms with Crippen molar-refractivity contribution in [1.82, 2.24) is 3.97 Å². The summed E-state index contributed by atoms with van der Waals surface area (Å²) < 4.78 is 45.3. The molecule has 0 spiro atoms. The summed E-state index contributed by atoms with van der Waals surface area (Å²) in [5, 5.41) is 12.0. The molecule has 0 aliphatic carbocycles. The third-order valence-electron chi connectivity index (χ3n) is 6.54. The molecule has 0 aliphatic heterocycles. The fourth-order valence-corrected chi connectivity index (χ4v) is 6.13. The average molecular weight is 558 g/mol. The molecule has 0 saturated carbocycles. The standard InChI is InChI=1S/C31H27NO7S/c1-37-24-17-18-26-27(19-24)32(40(35,36)25-11-7-4-8-12-25)29(28(26)31(34)38-2)30(33)22-13-15-23(16-14-22)39-20-21-9-5-3-6-10-21/h3-19,30,33H,20H2,1-2H3. The second-order valence-electron chi connectivity index (χ2n) is 8.96. The van der Waals surface area contributed by atoms with Gasteiger partial charge in [0.1, 0.15) is 24.2 Å². The van der Waals surface area contributed by atoms with Crippen LogP contribution in [0.15, 0.2) is 108 Å². The SMILES string of the molecule is COC(=O)c1c(C(O)c2ccc(OCc3ccccc3)cc2)n(S(=O)(=O)c2ccccc2)c2cc(OC)ccc12. The number of aromatic nitrogens is 1. The van der Waals surface area contributed by atoms with E-state index in [2.05, 4.69) is 0 Å². The molecule has 5 aromatic rings. The van der Waals surface area contributed by atoms with Crippen LogP contribution < -0.4 is 9.47 Å². The first-order chi connectivity index (χ1) is 19.3. The number of esters is 1. The summed E-state index contributed by atoms with van der Waals surface area (Å²) in [6.45, 7) is 0.362. The van der Waals surface area contributed by atoms with Crippen molar-refractivity contribution in [1.29, 1.82) is 0 Å². The van der Waals surface area contributed by atoms with Crippen LogP contribution in [0.3, 0.4) is 0 Å². The van der Waals surface area contributed by atoms with Gasteiger partial charge >= 0.3 is 5.97 Å². The monoisotopic (exact) mass is 557 g/mol. The lowest BCUT2D eigenvalue weighted by Crippen LogP contribution is -2.20. The van der Waals surface area contributed by atoms with Crippen LogP contribution in [-0.2, 0) is 21.4 Å². The summed E-state index contributed by atoms with van der Waals surface area (Å²) >= 11 is 0. The Bertz CT molecular complexity index is 1750. The van der Waals surface area contributed by atoms with Gasteiger partial charge in [0.15, 0.2) is 0 Å². The van der Waals surface area contributed by atoms with Crippen molar-refractivity contribution in [2.75, 3.05) is 14.2 Å². The first-order valence-corrected chi connectivity index (χ1v) is 13.8. The van der Waals surface area contributed by atoms with E-state index >= 15 is 0 Å². The number of carbonyl (C=O) groups is 1. The molecule has 0 radical (unpaired) electrons. The van der Waals surface area contributed by atoms with Gasteiger partial charge in [-0.3, -0.25) is 0 Å². The van der Waals surface area contributed by atoms with Crippen LogP contribution in [0.4, 0.5) is 0 Å². The van der Waals surface area contributed by atoms with Gasteiger partial charge in [0, 0.05) is 11.5 Å². The number of fused-ring (bicyclic) bond motifs is 1. The van der Waals surface area contributed by atoms with Gasteiger partial charge in [-0.25, -0.2) is 17.2 Å². The molecule has 0 bridgehead atoms. The van der Waals surface area contributed by atoms with Gasteiger partial charge < -0.3 is 19.3 Å². The molecule has 204 valence electrons. The lowest BCUT2D eigenvalue weighted by Gasteiger charge is -2.18. The maximum atomic E-state index is 14.0. The summed E-state index contributed by atoms with van der Waals surface area (Å²) in [6.07, 6.45) is -1.51. The van der Waals surface area contributed by atoms with E-state index in [1.165, 1.54) is 32.4 Å². The first kappa shape index (κ1) is 27.0. The highest BCUT2D eigenvalue weighted by Crippen LogP contribution is 2.38. The number of aliphatic hydroxyl groups excluding tert-OH is 1. The summed E-state index contributed by atoms with van der Waals surface area (Å²) in [5.74, 6) is 0.163. The highest BCUT2D eigenvalue weighted by molar-refractivity contribution is 7.90. The molecule has 1 heterocycles. The van der Waals surface area contributed by atoms with Gasteiger partial charge in [0.05, 0.1) is 35.9 Å². The van der Waals surface area contributed by atoms with Gasteiger partial charge in [-0.05, 0) is 47.5 Å². The number of aliphatic hydroxyl groups is 1. The third kappa shape index (κ3) is 5.04. The van der Waals surface area contributed by atoms with Crippen molar-refractivity contribution >= 4 is 26.9 Å². The van der Waals surface area contributed by atoms with E-state index in [1.54, 1.807) is 54.6 Å². The number of carbonyl (C=O) groups excluding carboxylic acids is 1. The molecule has 9 heteroatoms. The third-order valence-corrected chi connectivity index (χ3v) is 8.28. The van der Waals surface area contributed by atoms with Crippen LogP contribution in [0.2, 0.25) is 0 Å². The number of rotatable bonds is 9. The Kier molecular flexibility index (Phi) is 7.59. The zero-order valence-electron chi connectivity index (χ0n) is 21.9. The second-order valence-corrected chi connectivity index (χ2v) is 10.7. The number of hydrogen-bond donors (Lipinski definition) is 1. The highest BCUT2D eigenvalue weighted by atomic mass is 32.2. The number of methoxy groups -OCH3 is 2. The Morgan fingerprint density at radius 1 is 0.850 bits per heavy atom. The van der Waals surface area contributed by atoms with E-state index in [9.17, 15) is 18.3 Å². The summed E-state index contributed by atoms with van der Waals surface area (Å²) in [5.41, 5.74) is 1.32. The van der Waals surface area contributed by atoms with Gasteiger partial charge in [0.2, 0.25) is 0 Å². The zero-order valence-corrected chi connectivity index (χ0v) is 22.7. The van der Waals surface area contributed by atoms with E-state index in [4.69, 9.17) is 14.2 Å². The molecule has 0 amide bonds. The minimum absolute atomic E-state index is 0.00996. The Balaban J connectivity index is 1.65. The number of benzene rings is 4. The largest absolute Gasteiger partial charge is 0.497 e. The Morgan fingerprint density at radius 2 is 1.48 bits per heavy atom. The van der Waals surface area contributed by atoms with Gasteiger partial charge in [-0.1, -0.05) is 60.7 Å². The van der Waals surface area contributed by atoms with Gasteiger partial charge in [0.25, 0.3) is 10.0 Å². The maximum Gasteiger partial charge on any atom is 0.340 e. The van der Waals surface area contributed by atoms with Crippen LogP contribution in [0, 0.1) is 0 Å². The summed E-state index contributed by atoms with van der Waals surface area (Å²) in [6, 6.07) is 28.8. The fraction of sp³-hybridized carbons (Fsp3) is 0.129. The van der Waals surface area contributed by atoms with Crippen molar-refractivity contribution in [2.45, 2.75) is 17.6 Å². The van der Waals surface area contributed by atoms with Crippen molar-refractivity contribution < 1.29 is 32.5 Å². The fourth-order valence-electron chi connectivity index (χ4n) is 4.55. The number of nitrogens with zero attached hydrogens (tertiary/aromatic N) is 1. The predicted octanol–water partition coefficient (Wildman–Crippen LogP) is 5.33. The predicted molar refractivity (Wildman–Crippen MR) is 150 cm³/mol. The van der Waals surface area contributed by atoms with Crippen LogP contribution in [-0.4, -0.2) is 37.7 Å². The van der Waals surface area contributed by atoms with E-state index in [-0.39, 0.29) is 21.7 Å².